The zero-order valence-corrected chi connectivity index (χ0v) is 19.6. The summed E-state index contributed by atoms with van der Waals surface area (Å²) < 4.78 is 6.06. The number of carboxylic acids is 1. The van der Waals surface area contributed by atoms with E-state index in [2.05, 4.69) is 11.9 Å². The minimum atomic E-state index is -0.847. The molecule has 3 aromatic rings. The van der Waals surface area contributed by atoms with Gasteiger partial charge in [-0.25, -0.2) is 4.98 Å². The first-order chi connectivity index (χ1) is 15.0. The molecule has 0 spiro atoms. The number of aromatic nitrogens is 1. The maximum Gasteiger partial charge on any atom is 0.317 e. The van der Waals surface area contributed by atoms with Crippen molar-refractivity contribution in [2.24, 2.45) is 0 Å². The zero-order chi connectivity index (χ0) is 22.2. The molecule has 0 radical (unpaired) electrons. The summed E-state index contributed by atoms with van der Waals surface area (Å²) in [4.78, 5) is 16.5. The van der Waals surface area contributed by atoms with Crippen molar-refractivity contribution in [1.82, 2.24) is 4.98 Å². The average molecular weight is 478 g/mol. The molecule has 164 valence electrons. The number of aliphatic carboxylic acids is 1. The summed E-state index contributed by atoms with van der Waals surface area (Å²) in [6.07, 6.45) is 5.97. The molecule has 1 unspecified atom stereocenters. The van der Waals surface area contributed by atoms with E-state index in [0.717, 1.165) is 48.6 Å². The minimum absolute atomic E-state index is 0.343. The molecule has 1 heterocycles. The first-order valence-electron chi connectivity index (χ1n) is 10.4. The van der Waals surface area contributed by atoms with E-state index in [4.69, 9.17) is 27.6 Å². The van der Waals surface area contributed by atoms with Crippen LogP contribution in [0.2, 0.25) is 10.0 Å². The zero-order valence-electron chi connectivity index (χ0n) is 17.3. The number of benzene rings is 2. The maximum atomic E-state index is 11.8. The topological polar surface area (TPSA) is 63.3 Å². The van der Waals surface area contributed by atoms with Crippen molar-refractivity contribution in [2.75, 3.05) is 0 Å². The Kier molecular flexibility index (Phi) is 8.88. The van der Waals surface area contributed by atoms with Crippen molar-refractivity contribution in [3.63, 3.8) is 0 Å². The van der Waals surface area contributed by atoms with Crippen molar-refractivity contribution in [3.05, 3.63) is 58.6 Å². The third-order valence-corrected chi connectivity index (χ3v) is 6.52. The summed E-state index contributed by atoms with van der Waals surface area (Å²) in [5.74, 6) is -0.270. The van der Waals surface area contributed by atoms with Gasteiger partial charge in [0.15, 0.2) is 5.76 Å². The molecule has 0 saturated heterocycles. The fourth-order valence-electron chi connectivity index (χ4n) is 3.24. The standard InChI is InChI=1S/C24H25Cl2NO3S/c1-2-3-4-5-6-7-20(23(28)29)31-24-27-21(16-8-12-18(25)13-9-16)22(30-24)17-10-14-19(26)15-11-17/h8-15,20H,2-7H2,1H3,(H,28,29). The smallest absolute Gasteiger partial charge is 0.317 e. The van der Waals surface area contributed by atoms with Crippen molar-refractivity contribution >= 4 is 40.9 Å². The Balaban J connectivity index is 1.86. The van der Waals surface area contributed by atoms with Gasteiger partial charge in [-0.2, -0.15) is 0 Å². The highest BCUT2D eigenvalue weighted by atomic mass is 35.5. The Hall–Kier alpha value is -1.95. The molecule has 0 aliphatic heterocycles. The van der Waals surface area contributed by atoms with E-state index in [-0.39, 0.29) is 0 Å². The number of thioether (sulfide) groups is 1. The van der Waals surface area contributed by atoms with Crippen molar-refractivity contribution < 1.29 is 14.3 Å². The predicted molar refractivity (Wildman–Crippen MR) is 128 cm³/mol. The van der Waals surface area contributed by atoms with E-state index < -0.39 is 11.2 Å². The van der Waals surface area contributed by atoms with E-state index in [1.54, 1.807) is 24.3 Å². The van der Waals surface area contributed by atoms with Crippen LogP contribution < -0.4 is 0 Å². The first-order valence-corrected chi connectivity index (χ1v) is 12.0. The van der Waals surface area contributed by atoms with E-state index in [1.807, 2.05) is 24.3 Å². The quantitative estimate of drug-likeness (QED) is 0.222. The van der Waals surface area contributed by atoms with Crippen LogP contribution in [-0.4, -0.2) is 21.3 Å². The van der Waals surface area contributed by atoms with Crippen molar-refractivity contribution in [1.29, 1.82) is 0 Å². The van der Waals surface area contributed by atoms with Gasteiger partial charge in [0, 0.05) is 21.2 Å². The van der Waals surface area contributed by atoms with E-state index in [0.29, 0.717) is 33.1 Å². The third kappa shape index (κ3) is 6.76. The number of rotatable bonds is 11. The van der Waals surface area contributed by atoms with Crippen LogP contribution in [0.4, 0.5) is 0 Å². The Labute approximate surface area is 197 Å². The summed E-state index contributed by atoms with van der Waals surface area (Å²) >= 11 is 13.2. The lowest BCUT2D eigenvalue weighted by Gasteiger charge is -2.09. The molecule has 7 heteroatoms. The van der Waals surface area contributed by atoms with Crippen LogP contribution >= 0.6 is 35.0 Å². The summed E-state index contributed by atoms with van der Waals surface area (Å²) in [6, 6.07) is 14.6. The van der Waals surface area contributed by atoms with Gasteiger partial charge in [-0.15, -0.1) is 0 Å². The van der Waals surface area contributed by atoms with Gasteiger partial charge < -0.3 is 9.52 Å². The monoisotopic (exact) mass is 477 g/mol. The Morgan fingerprint density at radius 3 is 2.13 bits per heavy atom. The molecule has 1 N–H and O–H groups in total. The van der Waals surface area contributed by atoms with Gasteiger partial charge in [0.25, 0.3) is 5.22 Å². The molecule has 0 aliphatic rings. The molecule has 2 aromatic carbocycles. The highest BCUT2D eigenvalue weighted by Gasteiger charge is 2.24. The van der Waals surface area contributed by atoms with E-state index in [9.17, 15) is 9.90 Å². The Bertz CT molecular complexity index is 924. The van der Waals surface area contributed by atoms with Crippen LogP contribution in [0.25, 0.3) is 22.6 Å². The van der Waals surface area contributed by atoms with Gasteiger partial charge in [-0.1, -0.05) is 86.1 Å². The lowest BCUT2D eigenvalue weighted by atomic mass is 10.1. The van der Waals surface area contributed by atoms with Crippen LogP contribution in [-0.2, 0) is 4.79 Å². The number of carboxylic acid groups (broad SMARTS) is 1. The van der Waals surface area contributed by atoms with Gasteiger partial charge in [0.05, 0.1) is 0 Å². The second-order valence-electron chi connectivity index (χ2n) is 7.32. The second-order valence-corrected chi connectivity index (χ2v) is 9.35. The van der Waals surface area contributed by atoms with Crippen LogP contribution in [0.1, 0.15) is 45.4 Å². The Morgan fingerprint density at radius 1 is 0.968 bits per heavy atom. The van der Waals surface area contributed by atoms with Crippen LogP contribution in [0.5, 0.6) is 0 Å². The van der Waals surface area contributed by atoms with E-state index in [1.165, 1.54) is 6.42 Å². The average Bonchev–Trinajstić information content (AvgIpc) is 3.17. The number of oxazole rings is 1. The van der Waals surface area contributed by atoms with Crippen molar-refractivity contribution in [3.8, 4) is 22.6 Å². The normalized spacial score (nSPS) is 12.1. The number of nitrogens with zero attached hydrogens (tertiary/aromatic N) is 1. The molecule has 1 atom stereocenters. The van der Waals surface area contributed by atoms with Gasteiger partial charge >= 0.3 is 5.97 Å². The fourth-order valence-corrected chi connectivity index (χ4v) is 4.40. The van der Waals surface area contributed by atoms with Crippen molar-refractivity contribution in [2.45, 2.75) is 55.9 Å². The summed E-state index contributed by atoms with van der Waals surface area (Å²) in [6.45, 7) is 2.16. The fraction of sp³-hybridized carbons (Fsp3) is 0.333. The summed E-state index contributed by atoms with van der Waals surface area (Å²) in [7, 11) is 0. The molecule has 31 heavy (non-hydrogen) atoms. The molecule has 4 nitrogen and oxygen atoms in total. The molecular weight excluding hydrogens is 453 g/mol. The first kappa shape index (κ1) is 23.7. The van der Waals surface area contributed by atoms with Gasteiger partial charge in [-0.3, -0.25) is 4.79 Å². The molecule has 0 fully saturated rings. The molecule has 0 saturated carbocycles. The lowest BCUT2D eigenvalue weighted by Crippen LogP contribution is -2.16. The molecule has 0 bridgehead atoms. The summed E-state index contributed by atoms with van der Waals surface area (Å²) in [5, 5.41) is 10.7. The molecule has 0 amide bonds. The summed E-state index contributed by atoms with van der Waals surface area (Å²) in [5.41, 5.74) is 2.31. The number of unbranched alkanes of at least 4 members (excludes halogenated alkanes) is 4. The largest absolute Gasteiger partial charge is 0.480 e. The number of halogens is 2. The SMILES string of the molecule is CCCCCCCC(Sc1nc(-c2ccc(Cl)cc2)c(-c2ccc(Cl)cc2)o1)C(=O)O. The van der Waals surface area contributed by atoms with Gasteiger partial charge in [-0.05, 0) is 42.8 Å². The number of hydrogen-bond donors (Lipinski definition) is 1. The highest BCUT2D eigenvalue weighted by molar-refractivity contribution is 8.00. The Morgan fingerprint density at radius 2 is 1.55 bits per heavy atom. The predicted octanol–water partition coefficient (Wildman–Crippen LogP) is 8.22. The van der Waals surface area contributed by atoms with Crippen LogP contribution in [0.3, 0.4) is 0 Å². The van der Waals surface area contributed by atoms with Gasteiger partial charge in [0.2, 0.25) is 0 Å². The van der Waals surface area contributed by atoms with Gasteiger partial charge in [0.1, 0.15) is 10.9 Å². The maximum absolute atomic E-state index is 11.8. The second kappa shape index (κ2) is 11.6. The third-order valence-electron chi connectivity index (χ3n) is 4.92. The number of carbonyl (C=O) groups is 1. The lowest BCUT2D eigenvalue weighted by molar-refractivity contribution is -0.136. The molecule has 3 rings (SSSR count). The van der Waals surface area contributed by atoms with Crippen LogP contribution in [0, 0.1) is 0 Å². The highest BCUT2D eigenvalue weighted by Crippen LogP contribution is 2.38. The van der Waals surface area contributed by atoms with E-state index >= 15 is 0 Å². The molecular formula is C24H25Cl2NO3S. The minimum Gasteiger partial charge on any atom is -0.480 e. The number of hydrogen-bond acceptors (Lipinski definition) is 4. The molecule has 0 aliphatic carbocycles. The molecule has 1 aromatic heterocycles. The van der Waals surface area contributed by atoms with Crippen LogP contribution in [0.15, 0.2) is 58.2 Å².